The highest BCUT2D eigenvalue weighted by Gasteiger charge is 2.34. The van der Waals surface area contributed by atoms with Crippen molar-refractivity contribution in [2.75, 3.05) is 20.1 Å². The Bertz CT molecular complexity index is 344. The summed E-state index contributed by atoms with van der Waals surface area (Å²) in [6.07, 6.45) is 2.96. The first-order valence-corrected chi connectivity index (χ1v) is 7.60. The van der Waals surface area contributed by atoms with Crippen molar-refractivity contribution in [1.29, 1.82) is 0 Å². The van der Waals surface area contributed by atoms with E-state index in [0.717, 1.165) is 19.3 Å². The number of hydrogen-bond acceptors (Lipinski definition) is 3. The molecule has 1 aliphatic rings. The van der Waals surface area contributed by atoms with E-state index in [4.69, 9.17) is 5.73 Å². The summed E-state index contributed by atoms with van der Waals surface area (Å²) in [7, 11) is 1.68. The predicted molar refractivity (Wildman–Crippen MR) is 80.0 cm³/mol. The molecule has 20 heavy (non-hydrogen) atoms. The monoisotopic (exact) mass is 283 g/mol. The van der Waals surface area contributed by atoms with Gasteiger partial charge in [-0.05, 0) is 24.7 Å². The first kappa shape index (κ1) is 17.0. The number of likely N-dealkylation sites (N-methyl/N-ethyl adjacent to an activating group) is 1. The Morgan fingerprint density at radius 2 is 2.00 bits per heavy atom. The highest BCUT2D eigenvalue weighted by molar-refractivity contribution is 5.86. The summed E-state index contributed by atoms with van der Waals surface area (Å²) in [5.41, 5.74) is 6.14. The van der Waals surface area contributed by atoms with Crippen molar-refractivity contribution in [2.24, 2.45) is 23.5 Å². The molecule has 1 aliphatic carbocycles. The van der Waals surface area contributed by atoms with Crippen molar-refractivity contribution in [3.05, 3.63) is 0 Å². The molecule has 1 rings (SSSR count). The van der Waals surface area contributed by atoms with Gasteiger partial charge in [-0.15, -0.1) is 0 Å². The first-order chi connectivity index (χ1) is 9.32. The molecule has 1 saturated carbocycles. The predicted octanol–water partition coefficient (Wildman–Crippen LogP) is 0.981. The molecule has 0 radical (unpaired) electrons. The minimum atomic E-state index is -0.137. The highest BCUT2D eigenvalue weighted by Crippen LogP contribution is 2.28. The zero-order valence-corrected chi connectivity index (χ0v) is 13.2. The molecule has 116 valence electrons. The quantitative estimate of drug-likeness (QED) is 0.790. The Kier molecular flexibility index (Phi) is 6.46. The maximum atomic E-state index is 12.4. The van der Waals surface area contributed by atoms with Crippen molar-refractivity contribution in [1.82, 2.24) is 10.2 Å². The third-order valence-corrected chi connectivity index (χ3v) is 4.08. The topological polar surface area (TPSA) is 75.4 Å². The van der Waals surface area contributed by atoms with Gasteiger partial charge >= 0.3 is 0 Å². The molecule has 0 heterocycles. The zero-order chi connectivity index (χ0) is 15.3. The molecule has 3 unspecified atom stereocenters. The van der Waals surface area contributed by atoms with Gasteiger partial charge in [0.1, 0.15) is 0 Å². The molecule has 0 aromatic heterocycles. The normalized spacial score (nSPS) is 26.4. The molecule has 1 fully saturated rings. The third-order valence-electron chi connectivity index (χ3n) is 4.08. The fourth-order valence-corrected chi connectivity index (χ4v) is 2.68. The summed E-state index contributed by atoms with van der Waals surface area (Å²) in [6.45, 7) is 6.93. The molecule has 0 aliphatic heterocycles. The second kappa shape index (κ2) is 7.62. The van der Waals surface area contributed by atoms with Crippen LogP contribution in [0.3, 0.4) is 0 Å². The number of amides is 2. The fourth-order valence-electron chi connectivity index (χ4n) is 2.68. The van der Waals surface area contributed by atoms with Crippen LogP contribution in [-0.2, 0) is 9.59 Å². The van der Waals surface area contributed by atoms with Crippen molar-refractivity contribution in [2.45, 2.75) is 46.1 Å². The van der Waals surface area contributed by atoms with Crippen molar-refractivity contribution in [3.63, 3.8) is 0 Å². The van der Waals surface area contributed by atoms with E-state index in [1.54, 1.807) is 7.05 Å². The van der Waals surface area contributed by atoms with Crippen molar-refractivity contribution < 1.29 is 9.59 Å². The number of hydrogen-bond donors (Lipinski definition) is 2. The van der Waals surface area contributed by atoms with E-state index < -0.39 is 0 Å². The number of nitrogens with one attached hydrogen (secondary N) is 1. The molecule has 3 N–H and O–H groups in total. The number of carbonyl (C=O) groups excluding carboxylic acids is 2. The average molecular weight is 283 g/mol. The molecular formula is C15H29N3O2. The summed E-state index contributed by atoms with van der Waals surface area (Å²) < 4.78 is 0. The van der Waals surface area contributed by atoms with Gasteiger partial charge in [0.25, 0.3) is 0 Å². The van der Waals surface area contributed by atoms with Crippen LogP contribution < -0.4 is 11.1 Å². The van der Waals surface area contributed by atoms with Gasteiger partial charge in [-0.3, -0.25) is 9.59 Å². The Labute approximate surface area is 122 Å². The van der Waals surface area contributed by atoms with Crippen LogP contribution in [0.2, 0.25) is 0 Å². The van der Waals surface area contributed by atoms with Gasteiger partial charge in [0.2, 0.25) is 11.8 Å². The molecular weight excluding hydrogens is 254 g/mol. The van der Waals surface area contributed by atoms with Crippen LogP contribution in [0.25, 0.3) is 0 Å². The number of nitrogens with zero attached hydrogens (tertiary/aromatic N) is 1. The molecule has 3 atom stereocenters. The first-order valence-electron chi connectivity index (χ1n) is 7.60. The van der Waals surface area contributed by atoms with Crippen LogP contribution in [-0.4, -0.2) is 42.9 Å². The highest BCUT2D eigenvalue weighted by atomic mass is 16.2. The SMILES string of the molecule is CC(C)CNC(=O)CN(C)C(=O)C1CCCC(C)C1N. The van der Waals surface area contributed by atoms with Crippen LogP contribution in [0, 0.1) is 17.8 Å². The minimum absolute atomic E-state index is 0.00347. The molecule has 0 spiro atoms. The van der Waals surface area contributed by atoms with Crippen molar-refractivity contribution >= 4 is 11.8 Å². The lowest BCUT2D eigenvalue weighted by Gasteiger charge is -2.35. The zero-order valence-electron chi connectivity index (χ0n) is 13.2. The van der Waals surface area contributed by atoms with Crippen LogP contribution in [0.1, 0.15) is 40.0 Å². The molecule has 0 bridgehead atoms. The maximum absolute atomic E-state index is 12.4. The summed E-state index contributed by atoms with van der Waals surface area (Å²) in [5.74, 6) is 0.547. The van der Waals surface area contributed by atoms with Crippen LogP contribution in [0.15, 0.2) is 0 Å². The van der Waals surface area contributed by atoms with Gasteiger partial charge in [-0.25, -0.2) is 0 Å². The van der Waals surface area contributed by atoms with Gasteiger partial charge in [0, 0.05) is 19.6 Å². The van der Waals surface area contributed by atoms with E-state index in [-0.39, 0.29) is 30.3 Å². The Morgan fingerprint density at radius 3 is 2.60 bits per heavy atom. The van der Waals surface area contributed by atoms with Crippen LogP contribution >= 0.6 is 0 Å². The largest absolute Gasteiger partial charge is 0.354 e. The number of rotatable bonds is 5. The second-order valence-electron chi connectivity index (χ2n) is 6.48. The Balaban J connectivity index is 2.47. The third kappa shape index (κ3) is 4.78. The van der Waals surface area contributed by atoms with Gasteiger partial charge in [-0.2, -0.15) is 0 Å². The van der Waals surface area contributed by atoms with E-state index in [2.05, 4.69) is 12.2 Å². The summed E-state index contributed by atoms with van der Waals surface area (Å²) in [5, 5.41) is 2.83. The lowest BCUT2D eigenvalue weighted by atomic mass is 9.77. The van der Waals surface area contributed by atoms with Gasteiger partial charge in [-0.1, -0.05) is 27.2 Å². The number of carbonyl (C=O) groups is 2. The van der Waals surface area contributed by atoms with E-state index in [1.807, 2.05) is 13.8 Å². The average Bonchev–Trinajstić information content (AvgIpc) is 2.38. The van der Waals surface area contributed by atoms with Crippen molar-refractivity contribution in [3.8, 4) is 0 Å². The minimum Gasteiger partial charge on any atom is -0.354 e. The maximum Gasteiger partial charge on any atom is 0.239 e. The molecule has 0 aromatic carbocycles. The molecule has 0 aromatic rings. The van der Waals surface area contributed by atoms with Gasteiger partial charge in [0.05, 0.1) is 12.5 Å². The Morgan fingerprint density at radius 1 is 1.35 bits per heavy atom. The van der Waals surface area contributed by atoms with E-state index in [9.17, 15) is 9.59 Å². The van der Waals surface area contributed by atoms with Gasteiger partial charge < -0.3 is 16.0 Å². The lowest BCUT2D eigenvalue weighted by Crippen LogP contribution is -2.49. The van der Waals surface area contributed by atoms with Crippen LogP contribution in [0.4, 0.5) is 0 Å². The Hall–Kier alpha value is -1.10. The van der Waals surface area contributed by atoms with E-state index in [1.165, 1.54) is 4.90 Å². The summed E-state index contributed by atoms with van der Waals surface area (Å²) >= 11 is 0. The number of nitrogens with two attached hydrogens (primary N) is 1. The second-order valence-corrected chi connectivity index (χ2v) is 6.48. The molecule has 5 heteroatoms. The molecule has 0 saturated heterocycles. The summed E-state index contributed by atoms with van der Waals surface area (Å²) in [4.78, 5) is 25.7. The lowest BCUT2D eigenvalue weighted by molar-refractivity contribution is -0.139. The molecule has 5 nitrogen and oxygen atoms in total. The van der Waals surface area contributed by atoms with Crippen LogP contribution in [0.5, 0.6) is 0 Å². The summed E-state index contributed by atoms with van der Waals surface area (Å²) in [6, 6.07) is -0.0857. The standard InChI is InChI=1S/C15H29N3O2/c1-10(2)8-17-13(19)9-18(4)15(20)12-7-5-6-11(3)14(12)16/h10-12,14H,5-9,16H2,1-4H3,(H,17,19). The van der Waals surface area contributed by atoms with E-state index in [0.29, 0.717) is 18.4 Å². The smallest absolute Gasteiger partial charge is 0.239 e. The molecule has 2 amide bonds. The van der Waals surface area contributed by atoms with Gasteiger partial charge in [0.15, 0.2) is 0 Å². The fraction of sp³-hybridized carbons (Fsp3) is 0.867. The van der Waals surface area contributed by atoms with E-state index >= 15 is 0 Å².